The molecule has 3 aromatic carbocycles. The molecule has 0 aromatic heterocycles. The van der Waals surface area contributed by atoms with Crippen molar-refractivity contribution in [2.45, 2.75) is 25.7 Å². The molecule has 1 amide bonds. The molecule has 0 aliphatic rings. The topological polar surface area (TPSA) is 98.5 Å². The van der Waals surface area contributed by atoms with Crippen LogP contribution in [-0.2, 0) is 4.74 Å². The van der Waals surface area contributed by atoms with E-state index in [2.05, 4.69) is 25.0 Å². The fourth-order valence-corrected chi connectivity index (χ4v) is 4.13. The molecule has 36 heavy (non-hydrogen) atoms. The van der Waals surface area contributed by atoms with Crippen LogP contribution in [0.5, 0.6) is 0 Å². The molecule has 7 nitrogen and oxygen atoms in total. The Morgan fingerprint density at radius 1 is 0.972 bits per heavy atom. The molecule has 0 aliphatic carbocycles. The van der Waals surface area contributed by atoms with E-state index in [0.717, 1.165) is 6.04 Å². The number of nitro benzene ring substituents is 1. The summed E-state index contributed by atoms with van der Waals surface area (Å²) >= 11 is 0. The minimum absolute atomic E-state index is 0.180. The minimum Gasteiger partial charge on any atom is -0.371 e. The molecule has 8 heteroatoms. The van der Waals surface area contributed by atoms with Gasteiger partial charge in [-0.05, 0) is 42.5 Å². The fraction of sp³-hybridized carbons (Fsp3) is 0.179. The van der Waals surface area contributed by atoms with E-state index in [0.29, 0.717) is 23.4 Å². The number of amides is 1. The first-order valence-corrected chi connectivity index (χ1v) is 15.3. The Balaban J connectivity index is 1.81. The maximum Gasteiger partial charge on any atom is 0.277 e. The molecule has 0 spiro atoms. The van der Waals surface area contributed by atoms with Crippen molar-refractivity contribution in [3.63, 3.8) is 0 Å². The van der Waals surface area contributed by atoms with E-state index >= 15 is 0 Å². The zero-order valence-corrected chi connectivity index (χ0v) is 21.6. The molecule has 3 rings (SSSR count). The highest BCUT2D eigenvalue weighted by atomic mass is 28.3. The van der Waals surface area contributed by atoms with Crippen molar-refractivity contribution < 1.29 is 19.2 Å². The Morgan fingerprint density at radius 2 is 1.67 bits per heavy atom. The highest BCUT2D eigenvalue weighted by Gasteiger charge is 2.21. The summed E-state index contributed by atoms with van der Waals surface area (Å²) < 4.78 is 5.53. The third-order valence-corrected chi connectivity index (χ3v) is 7.05. The number of anilines is 1. The summed E-state index contributed by atoms with van der Waals surface area (Å²) in [4.78, 5) is 37.0. The zero-order chi connectivity index (χ0) is 26.1. The van der Waals surface area contributed by atoms with Gasteiger partial charge in [-0.1, -0.05) is 62.1 Å². The number of carbonyl (C=O) groups is 2. The van der Waals surface area contributed by atoms with Crippen LogP contribution < -0.4 is 5.32 Å². The van der Waals surface area contributed by atoms with Crippen molar-refractivity contribution in [2.24, 2.45) is 0 Å². The number of ether oxygens (including phenoxy) is 1. The SMILES string of the molecule is C[Si](C)(C)CCO[CH]C=Cc1c(C(=O)c2cccc(NC(=O)c3ccccc3)c2)cccc1[N+](=O)[O-]. The largest absolute Gasteiger partial charge is 0.371 e. The van der Waals surface area contributed by atoms with E-state index < -0.39 is 18.8 Å². The zero-order valence-electron chi connectivity index (χ0n) is 20.6. The van der Waals surface area contributed by atoms with Gasteiger partial charge in [-0.15, -0.1) is 0 Å². The molecular formula is C28H29N2O5Si. The summed E-state index contributed by atoms with van der Waals surface area (Å²) in [6.45, 7) is 8.81. The lowest BCUT2D eigenvalue weighted by Crippen LogP contribution is -2.21. The lowest BCUT2D eigenvalue weighted by Gasteiger charge is -2.14. The predicted molar refractivity (Wildman–Crippen MR) is 145 cm³/mol. The Kier molecular flexibility index (Phi) is 9.05. The number of rotatable bonds is 11. The number of ketones is 1. The minimum atomic E-state index is -1.23. The molecule has 0 fully saturated rings. The van der Waals surface area contributed by atoms with Crippen molar-refractivity contribution in [1.29, 1.82) is 0 Å². The number of benzene rings is 3. The highest BCUT2D eigenvalue weighted by molar-refractivity contribution is 6.76. The van der Waals surface area contributed by atoms with Gasteiger partial charge >= 0.3 is 0 Å². The van der Waals surface area contributed by atoms with Gasteiger partial charge in [0.15, 0.2) is 5.78 Å². The highest BCUT2D eigenvalue weighted by Crippen LogP contribution is 2.27. The van der Waals surface area contributed by atoms with Gasteiger partial charge < -0.3 is 10.1 Å². The van der Waals surface area contributed by atoms with Crippen LogP contribution in [0.2, 0.25) is 25.7 Å². The molecule has 0 unspecified atom stereocenters. The van der Waals surface area contributed by atoms with E-state index in [1.807, 2.05) is 6.07 Å². The van der Waals surface area contributed by atoms with Gasteiger partial charge in [0, 0.05) is 43.1 Å². The van der Waals surface area contributed by atoms with Gasteiger partial charge in [0.1, 0.15) is 6.61 Å². The van der Waals surface area contributed by atoms with Crippen LogP contribution in [0.25, 0.3) is 6.08 Å². The quantitative estimate of drug-likeness (QED) is 0.105. The molecule has 1 N–H and O–H groups in total. The van der Waals surface area contributed by atoms with Crippen LogP contribution in [0.3, 0.4) is 0 Å². The third-order valence-electron chi connectivity index (χ3n) is 5.35. The first-order valence-electron chi connectivity index (χ1n) is 11.6. The van der Waals surface area contributed by atoms with Gasteiger partial charge in [0.05, 0.1) is 10.5 Å². The van der Waals surface area contributed by atoms with Crippen molar-refractivity contribution >= 4 is 37.2 Å². The van der Waals surface area contributed by atoms with E-state index in [-0.39, 0.29) is 22.7 Å². The first kappa shape index (κ1) is 26.7. The average molecular weight is 502 g/mol. The van der Waals surface area contributed by atoms with Crippen LogP contribution in [0, 0.1) is 16.7 Å². The Bertz CT molecular complexity index is 1270. The molecule has 0 bridgehead atoms. The predicted octanol–water partition coefficient (Wildman–Crippen LogP) is 6.61. The maximum atomic E-state index is 13.4. The van der Waals surface area contributed by atoms with E-state index in [1.54, 1.807) is 60.7 Å². The standard InChI is InChI=1S/C28H29N2O5Si/c1-36(2,3)19-18-35-17-9-15-24-25(14-8-16-26(24)30(33)34)27(31)22-12-7-13-23(20-22)29-28(32)21-10-5-4-6-11-21/h4-17,20H,18-19H2,1-3H3,(H,29,32). The molecule has 0 aliphatic heterocycles. The summed E-state index contributed by atoms with van der Waals surface area (Å²) in [7, 11) is -1.23. The second kappa shape index (κ2) is 12.2. The number of hydrogen-bond acceptors (Lipinski definition) is 5. The second-order valence-electron chi connectivity index (χ2n) is 9.40. The molecule has 0 heterocycles. The summed E-state index contributed by atoms with van der Waals surface area (Å²) in [6.07, 6.45) is 3.08. The number of carbonyl (C=O) groups excluding carboxylic acids is 2. The summed E-state index contributed by atoms with van der Waals surface area (Å²) in [6, 6.07) is 20.6. The number of nitrogens with one attached hydrogen (secondary N) is 1. The molecule has 3 aromatic rings. The number of nitro groups is 1. The average Bonchev–Trinajstić information content (AvgIpc) is 2.85. The third kappa shape index (κ3) is 7.56. The number of nitrogens with zero attached hydrogens (tertiary/aromatic N) is 1. The monoisotopic (exact) mass is 501 g/mol. The van der Waals surface area contributed by atoms with Crippen LogP contribution in [-0.4, -0.2) is 31.3 Å². The second-order valence-corrected chi connectivity index (χ2v) is 15.0. The first-order chi connectivity index (χ1) is 17.2. The van der Waals surface area contributed by atoms with Gasteiger partial charge in [0.2, 0.25) is 0 Å². The maximum absolute atomic E-state index is 13.4. The van der Waals surface area contributed by atoms with Gasteiger partial charge in [-0.25, -0.2) is 0 Å². The lowest BCUT2D eigenvalue weighted by atomic mass is 9.96. The summed E-state index contributed by atoms with van der Waals surface area (Å²) in [5.41, 5.74) is 1.43. The van der Waals surface area contributed by atoms with Gasteiger partial charge in [-0.2, -0.15) is 0 Å². The van der Waals surface area contributed by atoms with Crippen LogP contribution in [0.15, 0.2) is 78.9 Å². The van der Waals surface area contributed by atoms with E-state index in [4.69, 9.17) is 4.74 Å². The molecule has 0 atom stereocenters. The van der Waals surface area contributed by atoms with Crippen molar-refractivity contribution in [3.8, 4) is 0 Å². The molecule has 1 radical (unpaired) electrons. The van der Waals surface area contributed by atoms with Crippen LogP contribution >= 0.6 is 0 Å². The number of hydrogen-bond donors (Lipinski definition) is 1. The fourth-order valence-electron chi connectivity index (χ4n) is 3.40. The summed E-state index contributed by atoms with van der Waals surface area (Å²) in [5.74, 6) is -0.697. The van der Waals surface area contributed by atoms with Crippen molar-refractivity contribution in [3.05, 3.63) is 118 Å². The van der Waals surface area contributed by atoms with Crippen LogP contribution in [0.4, 0.5) is 11.4 Å². The van der Waals surface area contributed by atoms with Crippen molar-refractivity contribution in [1.82, 2.24) is 0 Å². The molecule has 0 saturated carbocycles. The van der Waals surface area contributed by atoms with Crippen molar-refractivity contribution in [2.75, 3.05) is 11.9 Å². The summed E-state index contributed by atoms with van der Waals surface area (Å²) in [5, 5.41) is 14.4. The molecule has 0 saturated heterocycles. The normalized spacial score (nSPS) is 11.4. The lowest BCUT2D eigenvalue weighted by molar-refractivity contribution is -0.385. The molecule has 185 valence electrons. The Hall–Kier alpha value is -3.88. The Labute approximate surface area is 212 Å². The van der Waals surface area contributed by atoms with E-state index in [1.165, 1.54) is 24.8 Å². The van der Waals surface area contributed by atoms with Crippen LogP contribution in [0.1, 0.15) is 31.8 Å². The molecular weight excluding hydrogens is 472 g/mol. The Morgan fingerprint density at radius 3 is 2.36 bits per heavy atom. The van der Waals surface area contributed by atoms with Gasteiger partial charge in [0.25, 0.3) is 11.6 Å². The van der Waals surface area contributed by atoms with E-state index in [9.17, 15) is 19.7 Å². The smallest absolute Gasteiger partial charge is 0.277 e. The van der Waals surface area contributed by atoms with Gasteiger partial charge in [-0.3, -0.25) is 19.7 Å².